The monoisotopic (exact) mass is 318 g/mol. The number of carbonyl (C=O) groups is 1. The highest BCUT2D eigenvalue weighted by Crippen LogP contribution is 2.32. The van der Waals surface area contributed by atoms with E-state index in [4.69, 9.17) is 10.5 Å². The summed E-state index contributed by atoms with van der Waals surface area (Å²) in [5.74, 6) is -4.64. The maximum atomic E-state index is 14.1. The van der Waals surface area contributed by atoms with Crippen molar-refractivity contribution in [2.24, 2.45) is 5.73 Å². The first-order valence-corrected chi connectivity index (χ1v) is 6.83. The number of hydrogen-bond acceptors (Lipinski definition) is 3. The van der Waals surface area contributed by atoms with Crippen molar-refractivity contribution in [1.82, 2.24) is 5.32 Å². The van der Waals surface area contributed by atoms with Crippen molar-refractivity contribution in [2.45, 2.75) is 45.3 Å². The lowest BCUT2D eigenvalue weighted by molar-refractivity contribution is -0.0122. The van der Waals surface area contributed by atoms with E-state index in [-0.39, 0.29) is 5.56 Å². The SMILES string of the molecule is C[C@@H](N)c1cccc(C(F)(F)CNC(=O)OC(C)(C)C)c1F. The third-order valence-corrected chi connectivity index (χ3v) is 2.77. The summed E-state index contributed by atoms with van der Waals surface area (Å²) in [6, 6.07) is 2.91. The third-order valence-electron chi connectivity index (χ3n) is 2.77. The fourth-order valence-corrected chi connectivity index (χ4v) is 1.78. The van der Waals surface area contributed by atoms with Crippen LogP contribution < -0.4 is 11.1 Å². The van der Waals surface area contributed by atoms with Crippen LogP contribution in [-0.4, -0.2) is 18.2 Å². The topological polar surface area (TPSA) is 64.3 Å². The molecule has 1 aromatic carbocycles. The first kappa shape index (κ1) is 18.3. The summed E-state index contributed by atoms with van der Waals surface area (Å²) in [5.41, 5.74) is 3.93. The van der Waals surface area contributed by atoms with Crippen molar-refractivity contribution in [3.8, 4) is 0 Å². The number of alkyl carbamates (subject to hydrolysis) is 1. The molecule has 124 valence electrons. The van der Waals surface area contributed by atoms with Gasteiger partial charge in [0.1, 0.15) is 11.4 Å². The Morgan fingerprint density at radius 2 is 1.95 bits per heavy atom. The van der Waals surface area contributed by atoms with Crippen LogP contribution >= 0.6 is 0 Å². The van der Waals surface area contributed by atoms with E-state index in [1.54, 1.807) is 20.8 Å². The number of alkyl halides is 2. The van der Waals surface area contributed by atoms with E-state index in [2.05, 4.69) is 0 Å². The van der Waals surface area contributed by atoms with E-state index in [0.717, 1.165) is 6.07 Å². The van der Waals surface area contributed by atoms with Crippen LogP contribution in [-0.2, 0) is 10.7 Å². The zero-order valence-corrected chi connectivity index (χ0v) is 13.0. The minimum absolute atomic E-state index is 0.00515. The highest BCUT2D eigenvalue weighted by atomic mass is 19.3. The van der Waals surface area contributed by atoms with Gasteiger partial charge in [0.2, 0.25) is 0 Å². The average Bonchev–Trinajstić information content (AvgIpc) is 2.34. The molecule has 0 aliphatic heterocycles. The van der Waals surface area contributed by atoms with Crippen molar-refractivity contribution in [3.63, 3.8) is 0 Å². The number of carbonyl (C=O) groups excluding carboxylic acids is 1. The zero-order valence-electron chi connectivity index (χ0n) is 13.0. The second kappa shape index (κ2) is 6.56. The van der Waals surface area contributed by atoms with Gasteiger partial charge in [0, 0.05) is 11.6 Å². The lowest BCUT2D eigenvalue weighted by Gasteiger charge is -2.23. The Morgan fingerprint density at radius 3 is 2.45 bits per heavy atom. The summed E-state index contributed by atoms with van der Waals surface area (Å²) >= 11 is 0. The molecule has 3 N–H and O–H groups in total. The van der Waals surface area contributed by atoms with Crippen LogP contribution in [0.5, 0.6) is 0 Å². The molecular formula is C15H21F3N2O2. The number of amides is 1. The fourth-order valence-electron chi connectivity index (χ4n) is 1.78. The Labute approximate surface area is 127 Å². The summed E-state index contributed by atoms with van der Waals surface area (Å²) in [7, 11) is 0. The van der Waals surface area contributed by atoms with Crippen LogP contribution in [0.25, 0.3) is 0 Å². The predicted octanol–water partition coefficient (Wildman–Crippen LogP) is 3.46. The number of hydrogen-bond donors (Lipinski definition) is 2. The van der Waals surface area contributed by atoms with Gasteiger partial charge in [-0.1, -0.05) is 12.1 Å². The molecule has 22 heavy (non-hydrogen) atoms. The molecule has 0 spiro atoms. The number of nitrogens with two attached hydrogens (primary N) is 1. The Kier molecular flexibility index (Phi) is 5.45. The van der Waals surface area contributed by atoms with E-state index in [0.29, 0.717) is 0 Å². The van der Waals surface area contributed by atoms with Gasteiger partial charge in [-0.05, 0) is 33.8 Å². The maximum Gasteiger partial charge on any atom is 0.407 e. The number of nitrogens with one attached hydrogen (secondary N) is 1. The molecule has 0 radical (unpaired) electrons. The molecule has 1 rings (SSSR count). The van der Waals surface area contributed by atoms with Gasteiger partial charge in [0.15, 0.2) is 0 Å². The van der Waals surface area contributed by atoms with Crippen LogP contribution in [0.15, 0.2) is 18.2 Å². The number of halogens is 3. The first-order chi connectivity index (χ1) is 9.94. The molecule has 0 fully saturated rings. The summed E-state index contributed by atoms with van der Waals surface area (Å²) in [6.07, 6.45) is -0.990. The van der Waals surface area contributed by atoms with Gasteiger partial charge in [-0.15, -0.1) is 0 Å². The summed E-state index contributed by atoms with van der Waals surface area (Å²) in [6.45, 7) is 5.25. The van der Waals surface area contributed by atoms with Gasteiger partial charge >= 0.3 is 6.09 Å². The van der Waals surface area contributed by atoms with Gasteiger partial charge in [-0.2, -0.15) is 8.78 Å². The zero-order chi connectivity index (χ0) is 17.1. The smallest absolute Gasteiger partial charge is 0.407 e. The molecule has 7 heteroatoms. The van der Waals surface area contributed by atoms with Crippen LogP contribution in [0.1, 0.15) is 44.9 Å². The summed E-state index contributed by atoms with van der Waals surface area (Å²) < 4.78 is 47.2. The molecule has 0 aliphatic carbocycles. The van der Waals surface area contributed by atoms with Gasteiger partial charge in [-0.25, -0.2) is 9.18 Å². The molecule has 1 amide bonds. The molecular weight excluding hydrogens is 297 g/mol. The predicted molar refractivity (Wildman–Crippen MR) is 77.1 cm³/mol. The molecule has 0 saturated heterocycles. The van der Waals surface area contributed by atoms with Crippen molar-refractivity contribution >= 4 is 6.09 Å². The number of ether oxygens (including phenoxy) is 1. The highest BCUT2D eigenvalue weighted by molar-refractivity contribution is 5.67. The molecule has 1 atom stereocenters. The second-order valence-electron chi connectivity index (χ2n) is 6.06. The lowest BCUT2D eigenvalue weighted by Crippen LogP contribution is -2.39. The van der Waals surface area contributed by atoms with Crippen molar-refractivity contribution in [3.05, 3.63) is 35.1 Å². The minimum Gasteiger partial charge on any atom is -0.444 e. The molecule has 0 saturated carbocycles. The summed E-state index contributed by atoms with van der Waals surface area (Å²) in [4.78, 5) is 11.4. The van der Waals surface area contributed by atoms with Crippen molar-refractivity contribution < 1.29 is 22.7 Å². The Morgan fingerprint density at radius 1 is 1.36 bits per heavy atom. The Bertz CT molecular complexity index is 540. The van der Waals surface area contributed by atoms with Crippen molar-refractivity contribution in [2.75, 3.05) is 6.54 Å². The van der Waals surface area contributed by atoms with Gasteiger partial charge in [0.05, 0.1) is 12.1 Å². The number of benzene rings is 1. The van der Waals surface area contributed by atoms with E-state index in [1.165, 1.54) is 19.1 Å². The third kappa shape index (κ3) is 4.91. The second-order valence-corrected chi connectivity index (χ2v) is 6.06. The largest absolute Gasteiger partial charge is 0.444 e. The average molecular weight is 318 g/mol. The fraction of sp³-hybridized carbons (Fsp3) is 0.533. The van der Waals surface area contributed by atoms with E-state index in [1.807, 2.05) is 5.32 Å². The molecule has 0 unspecified atom stereocenters. The highest BCUT2D eigenvalue weighted by Gasteiger charge is 2.36. The van der Waals surface area contributed by atoms with Gasteiger partial charge < -0.3 is 15.8 Å². The van der Waals surface area contributed by atoms with Gasteiger partial charge in [0.25, 0.3) is 5.92 Å². The van der Waals surface area contributed by atoms with Crippen LogP contribution in [0.2, 0.25) is 0 Å². The van der Waals surface area contributed by atoms with E-state index in [9.17, 15) is 18.0 Å². The summed E-state index contributed by atoms with van der Waals surface area (Å²) in [5, 5.41) is 1.94. The molecule has 0 bridgehead atoms. The molecule has 0 aromatic heterocycles. The lowest BCUT2D eigenvalue weighted by atomic mass is 10.0. The quantitative estimate of drug-likeness (QED) is 0.893. The Hall–Kier alpha value is -1.76. The van der Waals surface area contributed by atoms with Crippen LogP contribution in [0, 0.1) is 5.82 Å². The maximum absolute atomic E-state index is 14.1. The molecule has 0 aliphatic rings. The molecule has 4 nitrogen and oxygen atoms in total. The van der Waals surface area contributed by atoms with Crippen LogP contribution in [0.4, 0.5) is 18.0 Å². The van der Waals surface area contributed by atoms with Gasteiger partial charge in [-0.3, -0.25) is 0 Å². The Balaban J connectivity index is 2.87. The molecule has 0 heterocycles. The van der Waals surface area contributed by atoms with Crippen LogP contribution in [0.3, 0.4) is 0 Å². The number of rotatable bonds is 4. The standard InChI is InChI=1S/C15H21F3N2O2/c1-9(19)10-6-5-7-11(12(10)16)15(17,18)8-20-13(21)22-14(2,3)4/h5-7,9H,8,19H2,1-4H3,(H,20,21)/t9-/m1/s1. The van der Waals surface area contributed by atoms with Crippen molar-refractivity contribution in [1.29, 1.82) is 0 Å². The van der Waals surface area contributed by atoms with E-state index >= 15 is 0 Å². The first-order valence-electron chi connectivity index (χ1n) is 6.83. The molecule has 1 aromatic rings. The minimum atomic E-state index is -3.58. The van der Waals surface area contributed by atoms with E-state index < -0.39 is 41.6 Å². The normalized spacial score (nSPS) is 13.6.